The van der Waals surface area contributed by atoms with Crippen LogP contribution in [0.1, 0.15) is 26.7 Å². The van der Waals surface area contributed by atoms with Crippen LogP contribution in [0.25, 0.3) is 0 Å². The first-order valence-electron chi connectivity index (χ1n) is 5.00. The van der Waals surface area contributed by atoms with Gasteiger partial charge in [-0.1, -0.05) is 13.8 Å². The molecule has 0 amide bonds. The van der Waals surface area contributed by atoms with Gasteiger partial charge in [0.15, 0.2) is 0 Å². The minimum absolute atomic E-state index is 0.575. The van der Waals surface area contributed by atoms with E-state index in [0.717, 1.165) is 6.61 Å². The zero-order valence-corrected chi connectivity index (χ0v) is 8.18. The van der Waals surface area contributed by atoms with Gasteiger partial charge in [0, 0.05) is 6.54 Å². The average molecular weight is 169 g/mol. The van der Waals surface area contributed by atoms with Gasteiger partial charge in [0.05, 0.1) is 12.7 Å². The summed E-state index contributed by atoms with van der Waals surface area (Å²) in [5, 5.41) is 0. The van der Waals surface area contributed by atoms with Gasteiger partial charge in [0.1, 0.15) is 0 Å². The van der Waals surface area contributed by atoms with E-state index in [2.05, 4.69) is 18.7 Å². The van der Waals surface area contributed by atoms with Crippen LogP contribution in [-0.4, -0.2) is 37.2 Å². The minimum atomic E-state index is 0.575. The Labute approximate surface area is 74.9 Å². The lowest BCUT2D eigenvalue weighted by Crippen LogP contribution is -2.39. The molecule has 1 unspecified atom stereocenters. The Hall–Kier alpha value is -0.0800. The molecular weight excluding hydrogens is 150 g/mol. The van der Waals surface area contributed by atoms with E-state index in [1.54, 1.807) is 0 Å². The monoisotopic (exact) mass is 169 g/mol. The predicted molar refractivity (Wildman–Crippen MR) is 49.2 cm³/mol. The van der Waals surface area contributed by atoms with Crippen molar-refractivity contribution in [3.05, 3.63) is 0 Å². The number of ether oxygens (including phenoxy) is 1. The molecule has 1 atom stereocenters. The Morgan fingerprint density at radius 3 is 2.42 bits per heavy atom. The fraction of sp³-hybridized carbons (Fsp3) is 1.00. The molecule has 70 valence electrons. The van der Waals surface area contributed by atoms with Crippen LogP contribution in [0.4, 0.5) is 0 Å². The Morgan fingerprint density at radius 1 is 1.33 bits per heavy atom. The fourth-order valence-corrected chi connectivity index (χ4v) is 1.80. The molecule has 0 N–H and O–H groups in total. The molecule has 12 heavy (non-hydrogen) atoms. The van der Waals surface area contributed by atoms with Crippen LogP contribution in [-0.2, 0) is 4.74 Å². The lowest BCUT2D eigenvalue weighted by molar-refractivity contribution is 0.125. The van der Waals surface area contributed by atoms with E-state index in [0.29, 0.717) is 11.5 Å². The third-order valence-corrected chi connectivity index (χ3v) is 3.07. The van der Waals surface area contributed by atoms with Crippen molar-refractivity contribution >= 4 is 0 Å². The van der Waals surface area contributed by atoms with Crippen LogP contribution in [0, 0.1) is 5.41 Å². The molecule has 0 aromatic carbocycles. The highest BCUT2D eigenvalue weighted by atomic mass is 16.6. The maximum atomic E-state index is 5.22. The van der Waals surface area contributed by atoms with E-state index < -0.39 is 0 Å². The van der Waals surface area contributed by atoms with Crippen LogP contribution < -0.4 is 0 Å². The first-order valence-corrected chi connectivity index (χ1v) is 5.00. The molecule has 2 rings (SSSR count). The molecule has 2 aliphatic heterocycles. The van der Waals surface area contributed by atoms with Crippen LogP contribution in [0.15, 0.2) is 0 Å². The molecule has 2 fully saturated rings. The van der Waals surface area contributed by atoms with Gasteiger partial charge in [-0.3, -0.25) is 0 Å². The molecule has 2 heteroatoms. The fourth-order valence-electron chi connectivity index (χ4n) is 1.80. The van der Waals surface area contributed by atoms with E-state index in [-0.39, 0.29) is 0 Å². The summed E-state index contributed by atoms with van der Waals surface area (Å²) in [5.74, 6) is 0. The molecule has 2 saturated heterocycles. The molecule has 0 aromatic heterocycles. The van der Waals surface area contributed by atoms with E-state index in [1.807, 2.05) is 0 Å². The molecule has 0 saturated carbocycles. The van der Waals surface area contributed by atoms with Crippen LogP contribution in [0.2, 0.25) is 0 Å². The summed E-state index contributed by atoms with van der Waals surface area (Å²) in [6.07, 6.45) is 3.27. The first-order chi connectivity index (χ1) is 5.66. The second-order valence-electron chi connectivity index (χ2n) is 4.92. The zero-order valence-electron chi connectivity index (χ0n) is 8.18. The van der Waals surface area contributed by atoms with Crippen molar-refractivity contribution < 1.29 is 4.74 Å². The summed E-state index contributed by atoms with van der Waals surface area (Å²) in [5.41, 5.74) is 0.584. The number of piperidine rings is 1. The van der Waals surface area contributed by atoms with Crippen molar-refractivity contribution in [3.8, 4) is 0 Å². The molecule has 0 spiro atoms. The summed E-state index contributed by atoms with van der Waals surface area (Å²) in [6.45, 7) is 9.46. The number of likely N-dealkylation sites (tertiary alicyclic amines) is 1. The molecule has 2 heterocycles. The van der Waals surface area contributed by atoms with Gasteiger partial charge < -0.3 is 9.64 Å². The molecule has 2 nitrogen and oxygen atoms in total. The summed E-state index contributed by atoms with van der Waals surface area (Å²) in [4.78, 5) is 2.54. The Kier molecular flexibility index (Phi) is 2.13. The topological polar surface area (TPSA) is 15.8 Å². The summed E-state index contributed by atoms with van der Waals surface area (Å²) in [7, 11) is 0. The number of rotatable bonds is 2. The SMILES string of the molecule is CC1(C)CCN(CC2CO2)CC1. The van der Waals surface area contributed by atoms with Crippen molar-refractivity contribution in [1.29, 1.82) is 0 Å². The van der Waals surface area contributed by atoms with Gasteiger partial charge >= 0.3 is 0 Å². The summed E-state index contributed by atoms with van der Waals surface area (Å²) >= 11 is 0. The van der Waals surface area contributed by atoms with Gasteiger partial charge in [-0.05, 0) is 31.3 Å². The Balaban J connectivity index is 1.73. The average Bonchev–Trinajstić information content (AvgIpc) is 2.77. The highest BCUT2D eigenvalue weighted by molar-refractivity contribution is 4.82. The Bertz CT molecular complexity index is 153. The van der Waals surface area contributed by atoms with Crippen molar-refractivity contribution in [2.75, 3.05) is 26.2 Å². The van der Waals surface area contributed by atoms with E-state index in [9.17, 15) is 0 Å². The van der Waals surface area contributed by atoms with E-state index in [1.165, 1.54) is 32.5 Å². The van der Waals surface area contributed by atoms with Gasteiger partial charge in [0.2, 0.25) is 0 Å². The second-order valence-corrected chi connectivity index (χ2v) is 4.92. The smallest absolute Gasteiger partial charge is 0.0936 e. The molecule has 0 bridgehead atoms. The normalized spacial score (nSPS) is 35.0. The molecule has 0 radical (unpaired) electrons. The molecule has 0 aromatic rings. The summed E-state index contributed by atoms with van der Waals surface area (Å²) in [6, 6.07) is 0. The van der Waals surface area contributed by atoms with Crippen LogP contribution in [0.5, 0.6) is 0 Å². The van der Waals surface area contributed by atoms with Gasteiger partial charge in [-0.15, -0.1) is 0 Å². The zero-order chi connectivity index (χ0) is 8.60. The molecule has 2 aliphatic rings. The lowest BCUT2D eigenvalue weighted by Gasteiger charge is -2.36. The highest BCUT2D eigenvalue weighted by Gasteiger charge is 2.30. The van der Waals surface area contributed by atoms with Crippen molar-refractivity contribution in [2.24, 2.45) is 5.41 Å². The third-order valence-electron chi connectivity index (χ3n) is 3.07. The minimum Gasteiger partial charge on any atom is -0.372 e. The second kappa shape index (κ2) is 3.00. The van der Waals surface area contributed by atoms with Gasteiger partial charge in [0.25, 0.3) is 0 Å². The molecular formula is C10H19NO. The standard InChI is InChI=1S/C10H19NO/c1-10(2)3-5-11(6-4-10)7-9-8-12-9/h9H,3-8H2,1-2H3. The predicted octanol–water partition coefficient (Wildman–Crippen LogP) is 1.51. The Morgan fingerprint density at radius 2 is 1.92 bits per heavy atom. The lowest BCUT2D eigenvalue weighted by atomic mass is 9.83. The maximum absolute atomic E-state index is 5.22. The van der Waals surface area contributed by atoms with Crippen molar-refractivity contribution in [3.63, 3.8) is 0 Å². The van der Waals surface area contributed by atoms with Gasteiger partial charge in [-0.2, -0.15) is 0 Å². The van der Waals surface area contributed by atoms with E-state index >= 15 is 0 Å². The highest BCUT2D eigenvalue weighted by Crippen LogP contribution is 2.30. The van der Waals surface area contributed by atoms with Gasteiger partial charge in [-0.25, -0.2) is 0 Å². The largest absolute Gasteiger partial charge is 0.372 e. The number of hydrogen-bond donors (Lipinski definition) is 0. The third kappa shape index (κ3) is 2.20. The quantitative estimate of drug-likeness (QED) is 0.582. The number of nitrogens with zero attached hydrogens (tertiary/aromatic N) is 1. The van der Waals surface area contributed by atoms with Crippen LogP contribution in [0.3, 0.4) is 0 Å². The molecule has 0 aliphatic carbocycles. The maximum Gasteiger partial charge on any atom is 0.0936 e. The van der Waals surface area contributed by atoms with Crippen molar-refractivity contribution in [1.82, 2.24) is 4.90 Å². The van der Waals surface area contributed by atoms with Crippen molar-refractivity contribution in [2.45, 2.75) is 32.8 Å². The van der Waals surface area contributed by atoms with E-state index in [4.69, 9.17) is 4.74 Å². The summed E-state index contributed by atoms with van der Waals surface area (Å²) < 4.78 is 5.22. The first kappa shape index (κ1) is 8.52. The number of epoxide rings is 1. The van der Waals surface area contributed by atoms with Crippen LogP contribution >= 0.6 is 0 Å². The number of hydrogen-bond acceptors (Lipinski definition) is 2.